The molecule has 0 aliphatic heterocycles. The highest BCUT2D eigenvalue weighted by Gasteiger charge is 2.06. The molecular formula is C12H10BrN3O. The van der Waals surface area contributed by atoms with Gasteiger partial charge < -0.3 is 5.32 Å². The minimum atomic E-state index is 0.436. The fourth-order valence-corrected chi connectivity index (χ4v) is 1.74. The van der Waals surface area contributed by atoms with E-state index in [0.717, 1.165) is 16.4 Å². The first kappa shape index (κ1) is 11.7. The molecule has 86 valence electrons. The first-order valence-corrected chi connectivity index (χ1v) is 5.80. The maximum absolute atomic E-state index is 10.9. The number of aromatic nitrogens is 2. The largest absolute Gasteiger partial charge is 0.339 e. The number of anilines is 2. The summed E-state index contributed by atoms with van der Waals surface area (Å²) in [6, 6.07) is 7.63. The highest BCUT2D eigenvalue weighted by molar-refractivity contribution is 9.10. The third-order valence-electron chi connectivity index (χ3n) is 2.19. The molecule has 0 saturated carbocycles. The summed E-state index contributed by atoms with van der Waals surface area (Å²) in [5.41, 5.74) is 1.29. The second-order valence-corrected chi connectivity index (χ2v) is 4.30. The molecule has 1 aromatic heterocycles. The SMILES string of the molecule is Cc1ncc(C=O)c(Nc2ccccc2Br)n1. The van der Waals surface area contributed by atoms with Crippen LogP contribution >= 0.6 is 15.9 Å². The van der Waals surface area contributed by atoms with Gasteiger partial charge in [0.25, 0.3) is 0 Å². The van der Waals surface area contributed by atoms with E-state index in [0.29, 0.717) is 17.2 Å². The Hall–Kier alpha value is -1.75. The average molecular weight is 292 g/mol. The monoisotopic (exact) mass is 291 g/mol. The number of benzene rings is 1. The Labute approximate surface area is 107 Å². The van der Waals surface area contributed by atoms with Crippen molar-refractivity contribution in [2.75, 3.05) is 5.32 Å². The van der Waals surface area contributed by atoms with Crippen molar-refractivity contribution >= 4 is 33.7 Å². The summed E-state index contributed by atoms with van der Waals surface area (Å²) >= 11 is 3.42. The fraction of sp³-hybridized carbons (Fsp3) is 0.0833. The maximum atomic E-state index is 10.9. The standard InChI is InChI=1S/C12H10BrN3O/c1-8-14-6-9(7-17)12(15-8)16-11-5-3-2-4-10(11)13/h2-7H,1H3,(H,14,15,16). The summed E-state index contributed by atoms with van der Waals surface area (Å²) in [6.45, 7) is 1.78. The molecular weight excluding hydrogens is 282 g/mol. The molecule has 0 saturated heterocycles. The Morgan fingerprint density at radius 3 is 2.82 bits per heavy atom. The molecule has 0 bridgehead atoms. The zero-order valence-corrected chi connectivity index (χ0v) is 10.7. The van der Waals surface area contributed by atoms with Gasteiger partial charge in [-0.3, -0.25) is 4.79 Å². The molecule has 5 heteroatoms. The molecule has 2 aromatic rings. The van der Waals surface area contributed by atoms with E-state index in [-0.39, 0.29) is 0 Å². The van der Waals surface area contributed by atoms with Crippen molar-refractivity contribution in [3.05, 3.63) is 46.3 Å². The summed E-state index contributed by atoms with van der Waals surface area (Å²) in [6.07, 6.45) is 2.24. The smallest absolute Gasteiger partial charge is 0.155 e. The Morgan fingerprint density at radius 1 is 1.35 bits per heavy atom. The third-order valence-corrected chi connectivity index (χ3v) is 2.88. The maximum Gasteiger partial charge on any atom is 0.155 e. The van der Waals surface area contributed by atoms with Crippen molar-refractivity contribution in [3.63, 3.8) is 0 Å². The number of nitrogens with one attached hydrogen (secondary N) is 1. The normalized spacial score (nSPS) is 10.0. The highest BCUT2D eigenvalue weighted by Crippen LogP contribution is 2.25. The number of hydrogen-bond donors (Lipinski definition) is 1. The molecule has 0 unspecified atom stereocenters. The molecule has 1 aromatic carbocycles. The molecule has 1 heterocycles. The first-order valence-electron chi connectivity index (χ1n) is 5.01. The topological polar surface area (TPSA) is 54.9 Å². The van der Waals surface area contributed by atoms with Crippen LogP contribution in [0.5, 0.6) is 0 Å². The minimum absolute atomic E-state index is 0.436. The lowest BCUT2D eigenvalue weighted by Gasteiger charge is -2.09. The van der Waals surface area contributed by atoms with Crippen LogP contribution in [0.1, 0.15) is 16.2 Å². The van der Waals surface area contributed by atoms with Gasteiger partial charge in [0.05, 0.1) is 11.3 Å². The van der Waals surface area contributed by atoms with Gasteiger partial charge in [-0.05, 0) is 35.0 Å². The number of carbonyl (C=O) groups excluding carboxylic acids is 1. The van der Waals surface area contributed by atoms with Crippen LogP contribution in [-0.4, -0.2) is 16.3 Å². The predicted molar refractivity (Wildman–Crippen MR) is 69.6 cm³/mol. The third kappa shape index (κ3) is 2.68. The molecule has 0 amide bonds. The lowest BCUT2D eigenvalue weighted by Crippen LogP contribution is -2.02. The van der Waals surface area contributed by atoms with Crippen LogP contribution in [0.4, 0.5) is 11.5 Å². The number of nitrogens with zero attached hydrogens (tertiary/aromatic N) is 2. The molecule has 2 rings (SSSR count). The van der Waals surface area contributed by atoms with Gasteiger partial charge in [0.2, 0.25) is 0 Å². The minimum Gasteiger partial charge on any atom is -0.339 e. The van der Waals surface area contributed by atoms with Crippen LogP contribution in [0.15, 0.2) is 34.9 Å². The van der Waals surface area contributed by atoms with Crippen molar-refractivity contribution in [2.24, 2.45) is 0 Å². The van der Waals surface area contributed by atoms with Crippen molar-refractivity contribution in [1.29, 1.82) is 0 Å². The summed E-state index contributed by atoms with van der Waals surface area (Å²) < 4.78 is 0.910. The first-order chi connectivity index (χ1) is 8.20. The van der Waals surface area contributed by atoms with Gasteiger partial charge in [0.1, 0.15) is 11.6 Å². The number of para-hydroxylation sites is 1. The van der Waals surface area contributed by atoms with Crippen LogP contribution in [0.2, 0.25) is 0 Å². The number of rotatable bonds is 3. The molecule has 0 atom stereocenters. The van der Waals surface area contributed by atoms with Crippen LogP contribution < -0.4 is 5.32 Å². The van der Waals surface area contributed by atoms with Crippen LogP contribution in [-0.2, 0) is 0 Å². The molecule has 17 heavy (non-hydrogen) atoms. The Bertz CT molecular complexity index is 557. The van der Waals surface area contributed by atoms with E-state index in [1.807, 2.05) is 24.3 Å². The second kappa shape index (κ2) is 5.05. The van der Waals surface area contributed by atoms with Crippen molar-refractivity contribution in [3.8, 4) is 0 Å². The van der Waals surface area contributed by atoms with Gasteiger partial charge in [0.15, 0.2) is 6.29 Å². The number of halogens is 1. The average Bonchev–Trinajstić information content (AvgIpc) is 2.32. The van der Waals surface area contributed by atoms with E-state index in [4.69, 9.17) is 0 Å². The molecule has 4 nitrogen and oxygen atoms in total. The zero-order chi connectivity index (χ0) is 12.3. The van der Waals surface area contributed by atoms with Crippen LogP contribution in [0.25, 0.3) is 0 Å². The van der Waals surface area contributed by atoms with Gasteiger partial charge in [-0.15, -0.1) is 0 Å². The van der Waals surface area contributed by atoms with E-state index in [2.05, 4.69) is 31.2 Å². The molecule has 0 radical (unpaired) electrons. The second-order valence-electron chi connectivity index (χ2n) is 3.44. The summed E-state index contributed by atoms with van der Waals surface area (Å²) in [5.74, 6) is 1.13. The number of aryl methyl sites for hydroxylation is 1. The van der Waals surface area contributed by atoms with E-state index in [1.54, 1.807) is 6.92 Å². The molecule has 0 spiro atoms. The molecule has 0 aliphatic carbocycles. The number of hydrogen-bond acceptors (Lipinski definition) is 4. The van der Waals surface area contributed by atoms with Crippen molar-refractivity contribution in [2.45, 2.75) is 6.92 Å². The summed E-state index contributed by atoms with van der Waals surface area (Å²) in [4.78, 5) is 19.1. The lowest BCUT2D eigenvalue weighted by atomic mass is 10.3. The van der Waals surface area contributed by atoms with E-state index in [1.165, 1.54) is 6.20 Å². The predicted octanol–water partition coefficient (Wildman–Crippen LogP) is 3.10. The van der Waals surface area contributed by atoms with Crippen molar-refractivity contribution < 1.29 is 4.79 Å². The molecule has 1 N–H and O–H groups in total. The molecule has 0 fully saturated rings. The zero-order valence-electron chi connectivity index (χ0n) is 9.14. The Balaban J connectivity index is 2.39. The van der Waals surface area contributed by atoms with E-state index in [9.17, 15) is 4.79 Å². The van der Waals surface area contributed by atoms with Crippen molar-refractivity contribution in [1.82, 2.24) is 9.97 Å². The highest BCUT2D eigenvalue weighted by atomic mass is 79.9. The van der Waals surface area contributed by atoms with Crippen LogP contribution in [0.3, 0.4) is 0 Å². The fourth-order valence-electron chi connectivity index (χ4n) is 1.36. The Morgan fingerprint density at radius 2 is 2.12 bits per heavy atom. The van der Waals surface area contributed by atoms with Crippen LogP contribution in [0, 0.1) is 6.92 Å². The summed E-state index contributed by atoms with van der Waals surface area (Å²) in [7, 11) is 0. The molecule has 0 aliphatic rings. The number of carbonyl (C=O) groups is 1. The van der Waals surface area contributed by atoms with Gasteiger partial charge in [-0.25, -0.2) is 9.97 Å². The number of aldehydes is 1. The Kier molecular flexibility index (Phi) is 3.49. The lowest BCUT2D eigenvalue weighted by molar-refractivity contribution is 0.112. The van der Waals surface area contributed by atoms with E-state index < -0.39 is 0 Å². The quantitative estimate of drug-likeness (QED) is 0.883. The van der Waals surface area contributed by atoms with Gasteiger partial charge in [-0.2, -0.15) is 0 Å². The van der Waals surface area contributed by atoms with E-state index >= 15 is 0 Å². The van der Waals surface area contributed by atoms with Gasteiger partial charge >= 0.3 is 0 Å². The van der Waals surface area contributed by atoms with Gasteiger partial charge in [-0.1, -0.05) is 12.1 Å². The summed E-state index contributed by atoms with van der Waals surface area (Å²) in [5, 5.41) is 3.10. The van der Waals surface area contributed by atoms with Gasteiger partial charge in [0, 0.05) is 10.7 Å².